The predicted octanol–water partition coefficient (Wildman–Crippen LogP) is 6.04. The van der Waals surface area contributed by atoms with E-state index in [0.717, 1.165) is 28.8 Å². The summed E-state index contributed by atoms with van der Waals surface area (Å²) in [5.41, 5.74) is 1.77. The number of unbranched alkanes of at least 4 members (excludes halogenated alkanes) is 1. The van der Waals surface area contributed by atoms with Crippen LogP contribution < -0.4 is 0 Å². The van der Waals surface area contributed by atoms with Crippen molar-refractivity contribution in [1.29, 1.82) is 0 Å². The van der Waals surface area contributed by atoms with Crippen molar-refractivity contribution in [2.45, 2.75) is 65.2 Å². The molecule has 120 valence electrons. The highest BCUT2D eigenvalue weighted by molar-refractivity contribution is 5.85. The topological polar surface area (TPSA) is 33.1 Å². The number of hydrogen-bond acceptors (Lipinski definition) is 2. The van der Waals surface area contributed by atoms with Crippen LogP contribution in [0.2, 0.25) is 0 Å². The summed E-state index contributed by atoms with van der Waals surface area (Å²) in [7, 11) is 0. The fourth-order valence-corrected chi connectivity index (χ4v) is 3.23. The largest absolute Gasteiger partial charge is 0.505 e. The Balaban J connectivity index is 2.06. The second-order valence-corrected chi connectivity index (χ2v) is 6.47. The zero-order valence-electron chi connectivity index (χ0n) is 14.2. The van der Waals surface area contributed by atoms with E-state index in [9.17, 15) is 5.11 Å². The first kappa shape index (κ1) is 16.8. The normalized spacial score (nSPS) is 14.1. The lowest BCUT2D eigenvalue weighted by Crippen LogP contribution is -2.03. The molecule has 0 spiro atoms. The van der Waals surface area contributed by atoms with Crippen LogP contribution >= 0.6 is 0 Å². The summed E-state index contributed by atoms with van der Waals surface area (Å²) in [6.07, 6.45) is 9.34. The number of aromatic hydroxyl groups is 1. The Morgan fingerprint density at radius 3 is 2.64 bits per heavy atom. The van der Waals surface area contributed by atoms with Crippen molar-refractivity contribution in [2.75, 3.05) is 0 Å². The Labute approximate surface area is 134 Å². The fraction of sp³-hybridized carbons (Fsp3) is 0.550. The summed E-state index contributed by atoms with van der Waals surface area (Å²) in [4.78, 5) is 4.33. The molecule has 0 unspecified atom stereocenters. The lowest BCUT2D eigenvalue weighted by molar-refractivity contribution is 0.392. The summed E-state index contributed by atoms with van der Waals surface area (Å²) < 4.78 is 0. The van der Waals surface area contributed by atoms with Crippen LogP contribution in [-0.2, 0) is 0 Å². The van der Waals surface area contributed by atoms with Crippen molar-refractivity contribution in [2.24, 2.45) is 5.92 Å². The third-order valence-electron chi connectivity index (χ3n) is 4.86. The van der Waals surface area contributed by atoms with Gasteiger partial charge in [-0.15, -0.1) is 0 Å². The molecule has 0 saturated carbocycles. The number of hydrogen-bond donors (Lipinski definition) is 1. The molecule has 0 bridgehead atoms. The Kier molecular flexibility index (Phi) is 6.23. The van der Waals surface area contributed by atoms with Crippen LogP contribution in [0.15, 0.2) is 30.5 Å². The van der Waals surface area contributed by atoms with Gasteiger partial charge in [0.15, 0.2) is 0 Å². The highest BCUT2D eigenvalue weighted by atomic mass is 16.3. The molecule has 0 amide bonds. The van der Waals surface area contributed by atoms with Gasteiger partial charge in [0.2, 0.25) is 0 Å². The average Bonchev–Trinajstić information content (AvgIpc) is 2.55. The highest BCUT2D eigenvalue weighted by Crippen LogP contribution is 2.35. The van der Waals surface area contributed by atoms with Crippen LogP contribution in [0.1, 0.15) is 70.8 Å². The van der Waals surface area contributed by atoms with Crippen LogP contribution in [0.25, 0.3) is 10.9 Å². The third-order valence-corrected chi connectivity index (χ3v) is 4.86. The minimum Gasteiger partial charge on any atom is -0.505 e. The number of nitrogens with zero attached hydrogens (tertiary/aromatic N) is 1. The van der Waals surface area contributed by atoms with Crippen LogP contribution in [0, 0.1) is 5.92 Å². The summed E-state index contributed by atoms with van der Waals surface area (Å²) in [6.45, 7) is 6.77. The minimum atomic E-state index is 0.368. The van der Waals surface area contributed by atoms with Crippen molar-refractivity contribution < 1.29 is 5.11 Å². The zero-order valence-corrected chi connectivity index (χ0v) is 14.2. The van der Waals surface area contributed by atoms with Gasteiger partial charge in [-0.25, -0.2) is 0 Å². The first-order valence-corrected chi connectivity index (χ1v) is 8.73. The second kappa shape index (κ2) is 8.17. The molecule has 2 rings (SSSR count). The van der Waals surface area contributed by atoms with E-state index in [2.05, 4.69) is 37.9 Å². The van der Waals surface area contributed by atoms with Crippen LogP contribution in [0.4, 0.5) is 0 Å². The second-order valence-electron chi connectivity index (χ2n) is 6.47. The van der Waals surface area contributed by atoms with Gasteiger partial charge >= 0.3 is 0 Å². The van der Waals surface area contributed by atoms with E-state index in [0.29, 0.717) is 11.7 Å². The summed E-state index contributed by atoms with van der Waals surface area (Å²) in [6, 6.07) is 8.04. The van der Waals surface area contributed by atoms with E-state index in [1.807, 2.05) is 12.1 Å². The molecular formula is C20H29NO. The van der Waals surface area contributed by atoms with Crippen molar-refractivity contribution in [1.82, 2.24) is 4.98 Å². The molecule has 0 fully saturated rings. The van der Waals surface area contributed by atoms with Gasteiger partial charge in [0.05, 0.1) is 0 Å². The molecule has 0 aliphatic rings. The molecule has 2 aromatic rings. The number of phenolic OH excluding ortho intramolecular Hbond substituents is 1. The average molecular weight is 299 g/mol. The molecule has 1 heterocycles. The SMILES string of the molecule is CCCC[C@@H](CC)CC[C@@H](C)c1ccc2cccnc2c1O. The van der Waals surface area contributed by atoms with Gasteiger partial charge in [0.1, 0.15) is 11.3 Å². The molecule has 0 aliphatic carbocycles. The highest BCUT2D eigenvalue weighted by Gasteiger charge is 2.15. The van der Waals surface area contributed by atoms with Crippen molar-refractivity contribution in [3.8, 4) is 5.75 Å². The molecular weight excluding hydrogens is 270 g/mol. The van der Waals surface area contributed by atoms with Crippen LogP contribution in [0.3, 0.4) is 0 Å². The van der Waals surface area contributed by atoms with Crippen LogP contribution in [-0.4, -0.2) is 10.1 Å². The maximum Gasteiger partial charge on any atom is 0.145 e. The number of fused-ring (bicyclic) bond motifs is 1. The molecule has 0 radical (unpaired) electrons. The van der Waals surface area contributed by atoms with E-state index in [1.54, 1.807) is 6.20 Å². The zero-order chi connectivity index (χ0) is 15.9. The molecule has 0 aliphatic heterocycles. The van der Waals surface area contributed by atoms with Gasteiger partial charge in [0, 0.05) is 11.6 Å². The summed E-state index contributed by atoms with van der Waals surface area (Å²) in [5.74, 6) is 1.57. The van der Waals surface area contributed by atoms with Gasteiger partial charge in [-0.1, -0.05) is 64.7 Å². The number of rotatable bonds is 8. The van der Waals surface area contributed by atoms with Gasteiger partial charge in [-0.2, -0.15) is 0 Å². The predicted molar refractivity (Wildman–Crippen MR) is 94.4 cm³/mol. The smallest absolute Gasteiger partial charge is 0.145 e. The van der Waals surface area contributed by atoms with Crippen molar-refractivity contribution in [3.63, 3.8) is 0 Å². The van der Waals surface area contributed by atoms with Gasteiger partial charge in [-0.05, 0) is 36.3 Å². The number of phenols is 1. The molecule has 2 nitrogen and oxygen atoms in total. The fourth-order valence-electron chi connectivity index (χ4n) is 3.23. The Bertz CT molecular complexity index is 593. The molecule has 2 heteroatoms. The van der Waals surface area contributed by atoms with E-state index in [4.69, 9.17) is 0 Å². The van der Waals surface area contributed by atoms with E-state index in [-0.39, 0.29) is 0 Å². The Morgan fingerprint density at radius 2 is 1.91 bits per heavy atom. The Hall–Kier alpha value is -1.57. The van der Waals surface area contributed by atoms with Crippen molar-refractivity contribution in [3.05, 3.63) is 36.0 Å². The number of pyridine rings is 1. The molecule has 0 saturated heterocycles. The Morgan fingerprint density at radius 1 is 1.09 bits per heavy atom. The third kappa shape index (κ3) is 4.00. The molecule has 22 heavy (non-hydrogen) atoms. The maximum absolute atomic E-state index is 10.5. The van der Waals surface area contributed by atoms with Gasteiger partial charge in [-0.3, -0.25) is 4.98 Å². The quantitative estimate of drug-likeness (QED) is 0.644. The monoisotopic (exact) mass is 299 g/mol. The van der Waals surface area contributed by atoms with Crippen molar-refractivity contribution >= 4 is 10.9 Å². The minimum absolute atomic E-state index is 0.368. The molecule has 1 N–H and O–H groups in total. The molecule has 1 aromatic carbocycles. The maximum atomic E-state index is 10.5. The van der Waals surface area contributed by atoms with Crippen LogP contribution in [0.5, 0.6) is 5.75 Å². The number of aromatic nitrogens is 1. The summed E-state index contributed by atoms with van der Waals surface area (Å²) >= 11 is 0. The summed E-state index contributed by atoms with van der Waals surface area (Å²) in [5, 5.41) is 11.5. The van der Waals surface area contributed by atoms with E-state index >= 15 is 0 Å². The van der Waals surface area contributed by atoms with E-state index in [1.165, 1.54) is 32.1 Å². The van der Waals surface area contributed by atoms with E-state index < -0.39 is 0 Å². The first-order chi connectivity index (χ1) is 10.7. The lowest BCUT2D eigenvalue weighted by atomic mass is 9.87. The standard InChI is InChI=1S/C20H29NO/c1-4-6-8-16(5-2)11-10-15(3)18-13-12-17-9-7-14-21-19(17)20(18)22/h7,9,12-16,22H,4-6,8,10-11H2,1-3H3/t15-,16-/m1/s1. The molecule has 1 aromatic heterocycles. The van der Waals surface area contributed by atoms with Gasteiger partial charge in [0.25, 0.3) is 0 Å². The van der Waals surface area contributed by atoms with Gasteiger partial charge < -0.3 is 5.11 Å². The lowest BCUT2D eigenvalue weighted by Gasteiger charge is -2.19. The molecule has 2 atom stereocenters. The number of benzene rings is 1. The first-order valence-electron chi connectivity index (χ1n) is 8.73.